The van der Waals surface area contributed by atoms with Crippen LogP contribution in [0, 0.1) is 5.92 Å². The summed E-state index contributed by atoms with van der Waals surface area (Å²) in [5.74, 6) is 0.614. The first-order valence-corrected chi connectivity index (χ1v) is 9.79. The van der Waals surface area contributed by atoms with Crippen molar-refractivity contribution in [3.8, 4) is 11.1 Å². The van der Waals surface area contributed by atoms with E-state index in [1.54, 1.807) is 0 Å². The molecule has 0 aliphatic carbocycles. The highest BCUT2D eigenvalue weighted by Crippen LogP contribution is 2.27. The van der Waals surface area contributed by atoms with Crippen LogP contribution in [0.3, 0.4) is 0 Å². The Labute approximate surface area is 161 Å². The average Bonchev–Trinajstić information content (AvgIpc) is 3.17. The second-order valence-electron chi connectivity index (χ2n) is 7.62. The zero-order valence-corrected chi connectivity index (χ0v) is 16.1. The van der Waals surface area contributed by atoms with Gasteiger partial charge in [0.25, 0.3) is 0 Å². The minimum absolute atomic E-state index is 0.614. The van der Waals surface area contributed by atoms with Crippen LogP contribution in [0.25, 0.3) is 22.2 Å². The Hall–Kier alpha value is -2.87. The standard InChI is InChI=1S/C25H26N2/c1-18(2)16-23-21(14-15-24-25(23)27-17-26-24)13-12-20-10-6-7-11-22(20)19-8-4-3-5-9-19/h3-11,14-15,17-18H,12-13,16H2,1-2H3,(H,26,27). The molecule has 0 amide bonds. The minimum Gasteiger partial charge on any atom is -0.345 e. The van der Waals surface area contributed by atoms with E-state index < -0.39 is 0 Å². The molecule has 27 heavy (non-hydrogen) atoms. The quantitative estimate of drug-likeness (QED) is 0.438. The molecule has 2 heteroatoms. The largest absolute Gasteiger partial charge is 0.345 e. The molecule has 0 aliphatic heterocycles. The maximum atomic E-state index is 4.60. The normalized spacial score (nSPS) is 11.4. The van der Waals surface area contributed by atoms with Crippen LogP contribution in [-0.4, -0.2) is 9.97 Å². The Bertz CT molecular complexity index is 1030. The molecular formula is C25H26N2. The van der Waals surface area contributed by atoms with Crippen molar-refractivity contribution in [2.24, 2.45) is 5.92 Å². The average molecular weight is 354 g/mol. The number of fused-ring (bicyclic) bond motifs is 1. The number of nitrogens with one attached hydrogen (secondary N) is 1. The Morgan fingerprint density at radius 1 is 0.815 bits per heavy atom. The smallest absolute Gasteiger partial charge is 0.0931 e. The molecule has 4 rings (SSSR count). The summed E-state index contributed by atoms with van der Waals surface area (Å²) in [4.78, 5) is 7.85. The molecule has 0 bridgehead atoms. The van der Waals surface area contributed by atoms with Crippen molar-refractivity contribution in [2.45, 2.75) is 33.1 Å². The van der Waals surface area contributed by atoms with Crippen molar-refractivity contribution in [3.05, 3.63) is 89.7 Å². The van der Waals surface area contributed by atoms with Gasteiger partial charge in [-0.25, -0.2) is 4.98 Å². The third kappa shape index (κ3) is 3.80. The van der Waals surface area contributed by atoms with E-state index in [0.717, 1.165) is 30.3 Å². The lowest BCUT2D eigenvalue weighted by Crippen LogP contribution is -2.03. The Morgan fingerprint density at radius 3 is 2.37 bits per heavy atom. The molecule has 2 nitrogen and oxygen atoms in total. The van der Waals surface area contributed by atoms with E-state index in [9.17, 15) is 0 Å². The van der Waals surface area contributed by atoms with Gasteiger partial charge in [0, 0.05) is 0 Å². The highest BCUT2D eigenvalue weighted by molar-refractivity contribution is 5.79. The van der Waals surface area contributed by atoms with E-state index >= 15 is 0 Å². The first-order valence-electron chi connectivity index (χ1n) is 9.79. The predicted octanol–water partition coefficient (Wildman–Crippen LogP) is 6.21. The summed E-state index contributed by atoms with van der Waals surface area (Å²) in [5.41, 5.74) is 9.13. The van der Waals surface area contributed by atoms with Gasteiger partial charge >= 0.3 is 0 Å². The van der Waals surface area contributed by atoms with Gasteiger partial charge in [0.1, 0.15) is 0 Å². The van der Waals surface area contributed by atoms with Crippen molar-refractivity contribution in [1.82, 2.24) is 9.97 Å². The number of aromatic amines is 1. The molecule has 1 heterocycles. The van der Waals surface area contributed by atoms with Crippen LogP contribution in [0.1, 0.15) is 30.5 Å². The van der Waals surface area contributed by atoms with E-state index in [2.05, 4.69) is 90.5 Å². The van der Waals surface area contributed by atoms with E-state index in [-0.39, 0.29) is 0 Å². The fraction of sp³-hybridized carbons (Fsp3) is 0.240. The molecule has 1 N–H and O–H groups in total. The van der Waals surface area contributed by atoms with Gasteiger partial charge in [-0.15, -0.1) is 0 Å². The molecule has 0 saturated carbocycles. The van der Waals surface area contributed by atoms with Crippen LogP contribution in [0.15, 0.2) is 73.1 Å². The molecule has 0 saturated heterocycles. The van der Waals surface area contributed by atoms with Gasteiger partial charge < -0.3 is 4.98 Å². The van der Waals surface area contributed by atoms with Gasteiger partial charge in [0.2, 0.25) is 0 Å². The Kier molecular flexibility index (Phi) is 5.06. The summed E-state index contributed by atoms with van der Waals surface area (Å²) in [7, 11) is 0. The van der Waals surface area contributed by atoms with Gasteiger partial charge in [-0.1, -0.05) is 74.5 Å². The number of rotatable bonds is 6. The zero-order valence-electron chi connectivity index (χ0n) is 16.1. The molecule has 3 aromatic carbocycles. The molecule has 0 aliphatic rings. The third-order valence-corrected chi connectivity index (χ3v) is 5.17. The van der Waals surface area contributed by atoms with Crippen LogP contribution in [0.2, 0.25) is 0 Å². The number of benzene rings is 3. The van der Waals surface area contributed by atoms with E-state index in [1.165, 1.54) is 27.8 Å². The monoisotopic (exact) mass is 354 g/mol. The number of aromatic nitrogens is 2. The fourth-order valence-corrected chi connectivity index (χ4v) is 3.89. The van der Waals surface area contributed by atoms with Crippen LogP contribution in [0.5, 0.6) is 0 Å². The van der Waals surface area contributed by atoms with Gasteiger partial charge in [-0.05, 0) is 59.1 Å². The lowest BCUT2D eigenvalue weighted by molar-refractivity contribution is 0.644. The van der Waals surface area contributed by atoms with Crippen molar-refractivity contribution in [1.29, 1.82) is 0 Å². The summed E-state index contributed by atoms with van der Waals surface area (Å²) in [6.07, 6.45) is 4.95. The predicted molar refractivity (Wildman–Crippen MR) is 114 cm³/mol. The van der Waals surface area contributed by atoms with E-state index in [1.807, 2.05) is 6.33 Å². The topological polar surface area (TPSA) is 28.7 Å². The second-order valence-corrected chi connectivity index (χ2v) is 7.62. The maximum absolute atomic E-state index is 4.60. The van der Waals surface area contributed by atoms with Crippen molar-refractivity contribution >= 4 is 11.0 Å². The number of hydrogen-bond acceptors (Lipinski definition) is 1. The van der Waals surface area contributed by atoms with Gasteiger partial charge in [-0.3, -0.25) is 0 Å². The van der Waals surface area contributed by atoms with E-state index in [0.29, 0.717) is 5.92 Å². The minimum atomic E-state index is 0.614. The van der Waals surface area contributed by atoms with Crippen molar-refractivity contribution in [3.63, 3.8) is 0 Å². The summed E-state index contributed by atoms with van der Waals surface area (Å²) in [6.45, 7) is 4.56. The molecule has 0 radical (unpaired) electrons. The highest BCUT2D eigenvalue weighted by atomic mass is 14.9. The number of nitrogens with zero attached hydrogens (tertiary/aromatic N) is 1. The molecule has 4 aromatic rings. The van der Waals surface area contributed by atoms with Crippen LogP contribution >= 0.6 is 0 Å². The first kappa shape index (κ1) is 17.5. The molecule has 1 aromatic heterocycles. The van der Waals surface area contributed by atoms with Gasteiger partial charge in [0.05, 0.1) is 17.4 Å². The number of aryl methyl sites for hydroxylation is 2. The van der Waals surface area contributed by atoms with Gasteiger partial charge in [0.15, 0.2) is 0 Å². The van der Waals surface area contributed by atoms with Crippen molar-refractivity contribution in [2.75, 3.05) is 0 Å². The van der Waals surface area contributed by atoms with E-state index in [4.69, 9.17) is 0 Å². The zero-order chi connectivity index (χ0) is 18.6. The maximum Gasteiger partial charge on any atom is 0.0931 e. The molecule has 0 atom stereocenters. The van der Waals surface area contributed by atoms with Crippen molar-refractivity contribution < 1.29 is 0 Å². The summed E-state index contributed by atoms with van der Waals surface area (Å²) in [5, 5.41) is 0. The second kappa shape index (κ2) is 7.79. The van der Waals surface area contributed by atoms with Crippen LogP contribution < -0.4 is 0 Å². The highest BCUT2D eigenvalue weighted by Gasteiger charge is 2.13. The molecule has 136 valence electrons. The molecular weight excluding hydrogens is 328 g/mol. The van der Waals surface area contributed by atoms with Gasteiger partial charge in [-0.2, -0.15) is 0 Å². The summed E-state index contributed by atoms with van der Waals surface area (Å²) < 4.78 is 0. The number of hydrogen-bond donors (Lipinski definition) is 1. The fourth-order valence-electron chi connectivity index (χ4n) is 3.89. The third-order valence-electron chi connectivity index (χ3n) is 5.17. The molecule has 0 spiro atoms. The van der Waals surface area contributed by atoms with Crippen LogP contribution in [0.4, 0.5) is 0 Å². The number of imidazole rings is 1. The summed E-state index contributed by atoms with van der Waals surface area (Å²) in [6, 6.07) is 23.9. The number of H-pyrrole nitrogens is 1. The van der Waals surface area contributed by atoms with Crippen LogP contribution in [-0.2, 0) is 19.3 Å². The lowest BCUT2D eigenvalue weighted by Gasteiger charge is -2.14. The summed E-state index contributed by atoms with van der Waals surface area (Å²) >= 11 is 0. The molecule has 0 fully saturated rings. The SMILES string of the molecule is CC(C)Cc1c(CCc2ccccc2-c2ccccc2)ccc2[nH]cnc12. The Balaban J connectivity index is 1.65. The first-order chi connectivity index (χ1) is 13.2. The lowest BCUT2D eigenvalue weighted by atomic mass is 9.91. The Morgan fingerprint density at radius 2 is 1.56 bits per heavy atom. The molecule has 0 unspecified atom stereocenters.